The maximum Gasteiger partial charge on any atom is 0.508 e. The van der Waals surface area contributed by atoms with Crippen molar-refractivity contribution in [2.75, 3.05) is 33.0 Å². The summed E-state index contributed by atoms with van der Waals surface area (Å²) in [6.45, 7) is 5.27. The number of benzene rings is 1. The lowest BCUT2D eigenvalue weighted by Gasteiger charge is -2.30. The summed E-state index contributed by atoms with van der Waals surface area (Å²) in [6, 6.07) is 9.57. The fraction of sp³-hybridized carbons (Fsp3) is 0.688. The summed E-state index contributed by atoms with van der Waals surface area (Å²) in [5, 5.41) is 0. The molecule has 0 aromatic heterocycles. The second-order valence-electron chi connectivity index (χ2n) is 11.8. The Balaban J connectivity index is 2.69. The first-order valence-electron chi connectivity index (χ1n) is 15.1. The Hall–Kier alpha value is -2.83. The van der Waals surface area contributed by atoms with E-state index in [1.807, 2.05) is 30.3 Å². The SMILES string of the molecule is CC(=O)OCCCOC(=O)OCC(C)(COC(=O)C(C)(C)CC(Br)c1ccccc1)C(=O)OCCCCCCCCC(F)(F)F. The third-order valence-electron chi connectivity index (χ3n) is 6.83. The molecule has 0 heterocycles. The van der Waals surface area contributed by atoms with Crippen molar-refractivity contribution in [3.8, 4) is 0 Å². The highest BCUT2D eigenvalue weighted by Gasteiger charge is 2.41. The molecule has 1 rings (SSSR count). The van der Waals surface area contributed by atoms with Gasteiger partial charge in [-0.15, -0.1) is 0 Å². The number of unbranched alkanes of at least 4 members (excludes halogenated alkanes) is 5. The lowest BCUT2D eigenvalue weighted by Crippen LogP contribution is -2.42. The monoisotopic (exact) mass is 710 g/mol. The number of ether oxygens (including phenoxy) is 5. The number of carbonyl (C=O) groups is 4. The summed E-state index contributed by atoms with van der Waals surface area (Å²) in [6.07, 6.45) is -2.29. The molecule has 0 bridgehead atoms. The van der Waals surface area contributed by atoms with Crippen LogP contribution in [0, 0.1) is 10.8 Å². The standard InChI is InChI=1S/C32H46BrF3O9/c1-24(37)41-19-14-20-43-29(40)45-23-31(4,28(39)42-18-13-8-6-5-7-12-17-32(34,35)36)22-44-27(38)30(2,3)21-26(33)25-15-10-9-11-16-25/h9-11,15-16,26H,5-8,12-14,17-23H2,1-4H3. The van der Waals surface area contributed by atoms with E-state index in [0.717, 1.165) is 5.56 Å². The molecule has 0 aliphatic rings. The Morgan fingerprint density at radius 2 is 1.27 bits per heavy atom. The minimum Gasteiger partial charge on any atom is -0.466 e. The molecular formula is C32H46BrF3O9. The van der Waals surface area contributed by atoms with E-state index in [-0.39, 0.29) is 37.5 Å². The molecule has 0 N–H and O–H groups in total. The number of hydrogen-bond donors (Lipinski definition) is 0. The second-order valence-corrected chi connectivity index (χ2v) is 12.9. The molecule has 0 aliphatic carbocycles. The molecule has 2 atom stereocenters. The van der Waals surface area contributed by atoms with E-state index in [1.54, 1.807) is 13.8 Å². The summed E-state index contributed by atoms with van der Waals surface area (Å²) in [5.74, 6) is -1.76. The van der Waals surface area contributed by atoms with E-state index >= 15 is 0 Å². The molecule has 0 fully saturated rings. The molecule has 13 heteroatoms. The second kappa shape index (κ2) is 20.3. The van der Waals surface area contributed by atoms with E-state index < -0.39 is 60.7 Å². The van der Waals surface area contributed by atoms with Crippen LogP contribution in [0.3, 0.4) is 0 Å². The Labute approximate surface area is 271 Å². The van der Waals surface area contributed by atoms with Crippen LogP contribution < -0.4 is 0 Å². The molecule has 0 saturated carbocycles. The summed E-state index contributed by atoms with van der Waals surface area (Å²) in [7, 11) is 0. The number of hydrogen-bond acceptors (Lipinski definition) is 9. The fourth-order valence-corrected chi connectivity index (χ4v) is 5.17. The smallest absolute Gasteiger partial charge is 0.466 e. The van der Waals surface area contributed by atoms with Crippen molar-refractivity contribution in [2.45, 2.75) is 96.5 Å². The zero-order chi connectivity index (χ0) is 33.9. The van der Waals surface area contributed by atoms with Crippen molar-refractivity contribution >= 4 is 40.0 Å². The van der Waals surface area contributed by atoms with Crippen LogP contribution in [0.2, 0.25) is 0 Å². The van der Waals surface area contributed by atoms with Gasteiger partial charge < -0.3 is 23.7 Å². The first kappa shape index (κ1) is 40.2. The van der Waals surface area contributed by atoms with E-state index in [0.29, 0.717) is 38.5 Å². The van der Waals surface area contributed by atoms with Crippen molar-refractivity contribution in [3.63, 3.8) is 0 Å². The Morgan fingerprint density at radius 3 is 1.89 bits per heavy atom. The lowest BCUT2D eigenvalue weighted by atomic mass is 9.86. The molecule has 0 saturated heterocycles. The Morgan fingerprint density at radius 1 is 0.711 bits per heavy atom. The highest BCUT2D eigenvalue weighted by atomic mass is 79.9. The summed E-state index contributed by atoms with van der Waals surface area (Å²) >= 11 is 3.63. The number of halogens is 4. The van der Waals surface area contributed by atoms with E-state index in [4.69, 9.17) is 23.7 Å². The Kier molecular flexibility index (Phi) is 18.2. The minimum absolute atomic E-state index is 0.0410. The van der Waals surface area contributed by atoms with Gasteiger partial charge in [-0.3, -0.25) is 14.4 Å². The molecule has 0 amide bonds. The number of esters is 3. The van der Waals surface area contributed by atoms with Crippen LogP contribution >= 0.6 is 15.9 Å². The van der Waals surface area contributed by atoms with Gasteiger partial charge >= 0.3 is 30.2 Å². The molecular weight excluding hydrogens is 665 g/mol. The van der Waals surface area contributed by atoms with Crippen LogP contribution in [0.15, 0.2) is 30.3 Å². The number of alkyl halides is 4. The third kappa shape index (κ3) is 18.0. The van der Waals surface area contributed by atoms with Crippen molar-refractivity contribution in [1.82, 2.24) is 0 Å². The molecule has 2 unspecified atom stereocenters. The molecule has 0 aliphatic heterocycles. The zero-order valence-electron chi connectivity index (χ0n) is 26.5. The predicted octanol–water partition coefficient (Wildman–Crippen LogP) is 8.03. The summed E-state index contributed by atoms with van der Waals surface area (Å²) in [5.41, 5.74) is -1.49. The first-order chi connectivity index (χ1) is 21.1. The zero-order valence-corrected chi connectivity index (χ0v) is 28.1. The normalized spacial score (nSPS) is 13.7. The van der Waals surface area contributed by atoms with E-state index in [9.17, 15) is 32.3 Å². The van der Waals surface area contributed by atoms with Crippen molar-refractivity contribution in [2.24, 2.45) is 10.8 Å². The molecule has 256 valence electrons. The fourth-order valence-electron chi connectivity index (χ4n) is 4.05. The van der Waals surface area contributed by atoms with Crippen LogP contribution in [-0.2, 0) is 38.1 Å². The van der Waals surface area contributed by atoms with Gasteiger partial charge in [0.25, 0.3) is 0 Å². The van der Waals surface area contributed by atoms with Crippen LogP contribution in [0.1, 0.15) is 95.9 Å². The van der Waals surface area contributed by atoms with Crippen LogP contribution in [-0.4, -0.2) is 63.3 Å². The molecule has 0 radical (unpaired) electrons. The van der Waals surface area contributed by atoms with Crippen LogP contribution in [0.25, 0.3) is 0 Å². The van der Waals surface area contributed by atoms with Gasteiger partial charge in [0.05, 0.1) is 25.2 Å². The Bertz CT molecular complexity index is 1050. The average molecular weight is 712 g/mol. The summed E-state index contributed by atoms with van der Waals surface area (Å²) < 4.78 is 62.6. The first-order valence-corrected chi connectivity index (χ1v) is 16.0. The molecule has 45 heavy (non-hydrogen) atoms. The van der Waals surface area contributed by atoms with Crippen molar-refractivity contribution in [3.05, 3.63) is 35.9 Å². The van der Waals surface area contributed by atoms with Gasteiger partial charge in [0.1, 0.15) is 18.6 Å². The van der Waals surface area contributed by atoms with E-state index in [2.05, 4.69) is 15.9 Å². The minimum atomic E-state index is -4.14. The topological polar surface area (TPSA) is 114 Å². The summed E-state index contributed by atoms with van der Waals surface area (Å²) in [4.78, 5) is 49.1. The maximum atomic E-state index is 13.1. The highest BCUT2D eigenvalue weighted by molar-refractivity contribution is 9.09. The van der Waals surface area contributed by atoms with Crippen molar-refractivity contribution in [1.29, 1.82) is 0 Å². The highest BCUT2D eigenvalue weighted by Crippen LogP contribution is 2.37. The van der Waals surface area contributed by atoms with E-state index in [1.165, 1.54) is 13.8 Å². The lowest BCUT2D eigenvalue weighted by molar-refractivity contribution is -0.170. The van der Waals surface area contributed by atoms with Gasteiger partial charge in [0.2, 0.25) is 0 Å². The molecule has 9 nitrogen and oxygen atoms in total. The van der Waals surface area contributed by atoms with Crippen LogP contribution in [0.5, 0.6) is 0 Å². The van der Waals surface area contributed by atoms with Gasteiger partial charge in [-0.05, 0) is 45.6 Å². The van der Waals surface area contributed by atoms with Gasteiger partial charge in [-0.1, -0.05) is 71.9 Å². The van der Waals surface area contributed by atoms with Gasteiger partial charge in [-0.25, -0.2) is 4.79 Å². The van der Waals surface area contributed by atoms with Crippen LogP contribution in [0.4, 0.5) is 18.0 Å². The maximum absolute atomic E-state index is 13.1. The third-order valence-corrected chi connectivity index (χ3v) is 7.68. The predicted molar refractivity (Wildman–Crippen MR) is 163 cm³/mol. The van der Waals surface area contributed by atoms with Gasteiger partial charge in [0.15, 0.2) is 0 Å². The largest absolute Gasteiger partial charge is 0.508 e. The molecule has 0 spiro atoms. The number of rotatable bonds is 21. The average Bonchev–Trinajstić information content (AvgIpc) is 2.97. The van der Waals surface area contributed by atoms with Gasteiger partial charge in [-0.2, -0.15) is 13.2 Å². The van der Waals surface area contributed by atoms with Gasteiger partial charge in [0, 0.05) is 24.6 Å². The number of carbonyl (C=O) groups excluding carboxylic acids is 4. The molecule has 1 aromatic carbocycles. The molecule has 1 aromatic rings. The quantitative estimate of drug-likeness (QED) is 0.0541. The van der Waals surface area contributed by atoms with Crippen molar-refractivity contribution < 1.29 is 56.0 Å².